The van der Waals surface area contributed by atoms with Crippen LogP contribution in [-0.4, -0.2) is 16.7 Å². The molecule has 29 heavy (non-hydrogen) atoms. The minimum Gasteiger partial charge on any atom is -0.322 e. The zero-order chi connectivity index (χ0) is 21.0. The van der Waals surface area contributed by atoms with Crippen molar-refractivity contribution in [2.75, 3.05) is 10.6 Å². The summed E-state index contributed by atoms with van der Waals surface area (Å²) in [4.78, 5) is 35.1. The van der Waals surface area contributed by atoms with E-state index in [4.69, 9.17) is 0 Å². The first-order chi connectivity index (χ1) is 13.8. The monoisotopic (exact) mass is 397 g/mol. The van der Waals surface area contributed by atoms with Gasteiger partial charge in [-0.15, -0.1) is 0 Å². The number of rotatable bonds is 5. The van der Waals surface area contributed by atoms with Crippen molar-refractivity contribution in [3.63, 3.8) is 0 Å². The standard InChI is InChI=1S/C20H13F2N3O4/c21-14-5-1-3-12(9-14)19(26)23-16-7-8-18(25(28)29)17(11-16)24-20(27)13-4-2-6-15(22)10-13/h1-11H,(H,23,26)(H,24,27). The van der Waals surface area contributed by atoms with E-state index in [1.54, 1.807) is 0 Å². The average molecular weight is 397 g/mol. The number of carbonyl (C=O) groups excluding carboxylic acids is 2. The van der Waals surface area contributed by atoms with Crippen LogP contribution in [0.4, 0.5) is 25.8 Å². The summed E-state index contributed by atoms with van der Waals surface area (Å²) in [6.45, 7) is 0. The van der Waals surface area contributed by atoms with Crippen molar-refractivity contribution in [3.05, 3.63) is 99.6 Å². The largest absolute Gasteiger partial charge is 0.322 e. The van der Waals surface area contributed by atoms with Crippen molar-refractivity contribution in [2.45, 2.75) is 0 Å². The minimum absolute atomic E-state index is 0.0338. The third kappa shape index (κ3) is 4.78. The van der Waals surface area contributed by atoms with E-state index >= 15 is 0 Å². The molecule has 146 valence electrons. The Morgan fingerprint density at radius 2 is 1.34 bits per heavy atom. The molecule has 3 rings (SSSR count). The summed E-state index contributed by atoms with van der Waals surface area (Å²) in [7, 11) is 0. The fourth-order valence-electron chi connectivity index (χ4n) is 2.53. The maximum atomic E-state index is 13.3. The zero-order valence-corrected chi connectivity index (χ0v) is 14.7. The van der Waals surface area contributed by atoms with E-state index in [-0.39, 0.29) is 22.5 Å². The number of halogens is 2. The third-order valence-electron chi connectivity index (χ3n) is 3.87. The predicted molar refractivity (Wildman–Crippen MR) is 102 cm³/mol. The van der Waals surface area contributed by atoms with Gasteiger partial charge in [0.1, 0.15) is 17.3 Å². The van der Waals surface area contributed by atoms with Gasteiger partial charge >= 0.3 is 0 Å². The molecule has 0 radical (unpaired) electrons. The quantitative estimate of drug-likeness (QED) is 0.493. The Morgan fingerprint density at radius 3 is 1.86 bits per heavy atom. The van der Waals surface area contributed by atoms with Crippen molar-refractivity contribution < 1.29 is 23.3 Å². The number of hydrogen-bond acceptors (Lipinski definition) is 4. The summed E-state index contributed by atoms with van der Waals surface area (Å²) < 4.78 is 26.6. The summed E-state index contributed by atoms with van der Waals surface area (Å²) in [6, 6.07) is 13.4. The second kappa shape index (κ2) is 8.26. The first-order valence-electron chi connectivity index (χ1n) is 8.26. The van der Waals surface area contributed by atoms with E-state index in [1.165, 1.54) is 42.5 Å². The molecule has 0 unspecified atom stereocenters. The third-order valence-corrected chi connectivity index (χ3v) is 3.87. The Balaban J connectivity index is 1.87. The molecule has 0 fully saturated rings. The highest BCUT2D eigenvalue weighted by Gasteiger charge is 2.18. The van der Waals surface area contributed by atoms with Gasteiger partial charge < -0.3 is 10.6 Å². The number of amides is 2. The second-order valence-corrected chi connectivity index (χ2v) is 5.92. The molecule has 0 heterocycles. The molecule has 0 aliphatic carbocycles. The lowest BCUT2D eigenvalue weighted by atomic mass is 10.1. The molecule has 0 aromatic heterocycles. The van der Waals surface area contributed by atoms with E-state index in [1.807, 2.05) is 0 Å². The van der Waals surface area contributed by atoms with Gasteiger partial charge in [-0.3, -0.25) is 19.7 Å². The summed E-state index contributed by atoms with van der Waals surface area (Å²) in [5.41, 5.74) is -0.457. The molecule has 0 aliphatic heterocycles. The highest BCUT2D eigenvalue weighted by Crippen LogP contribution is 2.28. The molecule has 3 aromatic rings. The first kappa shape index (κ1) is 19.6. The maximum absolute atomic E-state index is 13.3. The predicted octanol–water partition coefficient (Wildman–Crippen LogP) is 4.38. The van der Waals surface area contributed by atoms with Crippen LogP contribution in [0, 0.1) is 21.7 Å². The lowest BCUT2D eigenvalue weighted by Gasteiger charge is -2.10. The molecule has 0 bridgehead atoms. The van der Waals surface area contributed by atoms with E-state index < -0.39 is 34.1 Å². The molecule has 2 N–H and O–H groups in total. The number of anilines is 2. The van der Waals surface area contributed by atoms with Gasteiger partial charge in [-0.2, -0.15) is 0 Å². The van der Waals surface area contributed by atoms with Gasteiger partial charge in [-0.05, 0) is 48.5 Å². The Hall–Kier alpha value is -4.14. The van der Waals surface area contributed by atoms with Crippen LogP contribution in [0.3, 0.4) is 0 Å². The zero-order valence-electron chi connectivity index (χ0n) is 14.7. The fraction of sp³-hybridized carbons (Fsp3) is 0. The smallest absolute Gasteiger partial charge is 0.292 e. The number of benzene rings is 3. The van der Waals surface area contributed by atoms with E-state index in [9.17, 15) is 28.5 Å². The fourth-order valence-corrected chi connectivity index (χ4v) is 2.53. The van der Waals surface area contributed by atoms with Gasteiger partial charge in [-0.1, -0.05) is 12.1 Å². The Kier molecular flexibility index (Phi) is 5.59. The van der Waals surface area contributed by atoms with Crippen LogP contribution in [0.25, 0.3) is 0 Å². The summed E-state index contributed by atoms with van der Waals surface area (Å²) in [6.07, 6.45) is 0. The van der Waals surface area contributed by atoms with Crippen LogP contribution >= 0.6 is 0 Å². The van der Waals surface area contributed by atoms with Gasteiger partial charge in [-0.25, -0.2) is 8.78 Å². The molecule has 3 aromatic carbocycles. The van der Waals surface area contributed by atoms with Crippen molar-refractivity contribution in [1.82, 2.24) is 0 Å². The van der Waals surface area contributed by atoms with Gasteiger partial charge in [0.05, 0.1) is 4.92 Å². The molecular formula is C20H13F2N3O4. The van der Waals surface area contributed by atoms with E-state index in [2.05, 4.69) is 10.6 Å². The van der Waals surface area contributed by atoms with Crippen LogP contribution in [0.15, 0.2) is 66.7 Å². The first-order valence-corrected chi connectivity index (χ1v) is 8.26. The number of nitrogens with one attached hydrogen (secondary N) is 2. The molecule has 0 spiro atoms. The number of nitrogens with zero attached hydrogens (tertiary/aromatic N) is 1. The molecule has 0 saturated heterocycles. The van der Waals surface area contributed by atoms with Crippen molar-refractivity contribution >= 4 is 28.9 Å². The molecular weight excluding hydrogens is 384 g/mol. The molecule has 0 atom stereocenters. The lowest BCUT2D eigenvalue weighted by molar-refractivity contribution is -0.383. The molecule has 2 amide bonds. The van der Waals surface area contributed by atoms with Crippen LogP contribution in [0.5, 0.6) is 0 Å². The number of carbonyl (C=O) groups is 2. The number of nitro groups is 1. The van der Waals surface area contributed by atoms with Crippen molar-refractivity contribution in [3.8, 4) is 0 Å². The summed E-state index contributed by atoms with van der Waals surface area (Å²) in [5.74, 6) is -2.63. The van der Waals surface area contributed by atoms with Crippen LogP contribution < -0.4 is 10.6 Å². The van der Waals surface area contributed by atoms with Crippen molar-refractivity contribution in [1.29, 1.82) is 0 Å². The SMILES string of the molecule is O=C(Nc1ccc([N+](=O)[O-])c(NC(=O)c2cccc(F)c2)c1)c1cccc(F)c1. The van der Waals surface area contributed by atoms with Crippen LogP contribution in [0.2, 0.25) is 0 Å². The molecule has 7 nitrogen and oxygen atoms in total. The normalized spacial score (nSPS) is 10.3. The second-order valence-electron chi connectivity index (χ2n) is 5.92. The topological polar surface area (TPSA) is 101 Å². The van der Waals surface area contributed by atoms with Gasteiger partial charge in [0, 0.05) is 22.9 Å². The molecule has 0 aliphatic rings. The highest BCUT2D eigenvalue weighted by atomic mass is 19.1. The van der Waals surface area contributed by atoms with Crippen LogP contribution in [-0.2, 0) is 0 Å². The van der Waals surface area contributed by atoms with E-state index in [0.717, 1.165) is 24.3 Å². The number of nitro benzene ring substituents is 1. The van der Waals surface area contributed by atoms with Gasteiger partial charge in [0.2, 0.25) is 0 Å². The molecule has 9 heteroatoms. The average Bonchev–Trinajstić information content (AvgIpc) is 2.68. The summed E-state index contributed by atoms with van der Waals surface area (Å²) in [5, 5.41) is 16.1. The van der Waals surface area contributed by atoms with E-state index in [0.29, 0.717) is 0 Å². The number of hydrogen-bond donors (Lipinski definition) is 2. The Bertz CT molecular complexity index is 1120. The molecule has 0 saturated carbocycles. The Morgan fingerprint density at radius 1 is 0.793 bits per heavy atom. The Labute approximate surface area is 163 Å². The maximum Gasteiger partial charge on any atom is 0.292 e. The highest BCUT2D eigenvalue weighted by molar-refractivity contribution is 6.07. The summed E-state index contributed by atoms with van der Waals surface area (Å²) >= 11 is 0. The lowest BCUT2D eigenvalue weighted by Crippen LogP contribution is -2.15. The van der Waals surface area contributed by atoms with Crippen molar-refractivity contribution in [2.24, 2.45) is 0 Å². The van der Waals surface area contributed by atoms with Crippen LogP contribution in [0.1, 0.15) is 20.7 Å². The van der Waals surface area contributed by atoms with Gasteiger partial charge in [0.15, 0.2) is 0 Å². The van der Waals surface area contributed by atoms with Gasteiger partial charge in [0.25, 0.3) is 17.5 Å². The minimum atomic E-state index is -0.763.